The van der Waals surface area contributed by atoms with Crippen LogP contribution in [-0.2, 0) is 13.0 Å². The van der Waals surface area contributed by atoms with Gasteiger partial charge in [-0.3, -0.25) is 0 Å². The number of rotatable bonds is 7. The lowest BCUT2D eigenvalue weighted by Crippen LogP contribution is -2.35. The molecule has 2 aromatic heterocycles. The predicted molar refractivity (Wildman–Crippen MR) is 134 cm³/mol. The summed E-state index contributed by atoms with van der Waals surface area (Å²) in [5.74, 6) is 3.94. The molecule has 1 atom stereocenters. The summed E-state index contributed by atoms with van der Waals surface area (Å²) < 4.78 is 5.41. The molecule has 2 aliphatic carbocycles. The summed E-state index contributed by atoms with van der Waals surface area (Å²) in [5.41, 5.74) is 5.09. The Morgan fingerprint density at radius 3 is 2.67 bits per heavy atom. The molecule has 7 heteroatoms. The Morgan fingerprint density at radius 1 is 1.06 bits per heavy atom. The van der Waals surface area contributed by atoms with Crippen molar-refractivity contribution >= 4 is 22.7 Å². The normalized spacial score (nSPS) is 22.7. The van der Waals surface area contributed by atoms with Gasteiger partial charge in [0.15, 0.2) is 0 Å². The van der Waals surface area contributed by atoms with E-state index in [1.54, 1.807) is 7.11 Å². The molecule has 0 spiro atoms. The van der Waals surface area contributed by atoms with Crippen LogP contribution in [0, 0.1) is 5.92 Å². The van der Waals surface area contributed by atoms with Gasteiger partial charge in [0.2, 0.25) is 5.95 Å². The van der Waals surface area contributed by atoms with E-state index >= 15 is 0 Å². The monoisotopic (exact) mass is 448 g/mol. The summed E-state index contributed by atoms with van der Waals surface area (Å²) in [7, 11) is 5.59. The average molecular weight is 449 g/mol. The van der Waals surface area contributed by atoms with E-state index < -0.39 is 0 Å². The Morgan fingerprint density at radius 2 is 1.91 bits per heavy atom. The fourth-order valence-electron chi connectivity index (χ4n) is 5.91. The number of nitrogens with one attached hydrogen (secondary N) is 4. The van der Waals surface area contributed by atoms with E-state index in [-0.39, 0.29) is 0 Å². The highest BCUT2D eigenvalue weighted by Gasteiger charge is 2.34. The van der Waals surface area contributed by atoms with Crippen LogP contribution in [0.3, 0.4) is 0 Å². The fourth-order valence-corrected chi connectivity index (χ4v) is 5.91. The molecule has 1 unspecified atom stereocenters. The van der Waals surface area contributed by atoms with Gasteiger partial charge in [-0.2, -0.15) is 4.98 Å². The molecule has 4 N–H and O–H groups in total. The van der Waals surface area contributed by atoms with Gasteiger partial charge in [0.25, 0.3) is 0 Å². The largest absolute Gasteiger partial charge is 0.497 e. The molecule has 0 radical (unpaired) electrons. The lowest BCUT2D eigenvalue weighted by atomic mass is 9.71. The number of fused-ring (bicyclic) bond motifs is 2. The van der Waals surface area contributed by atoms with Crippen LogP contribution in [0.5, 0.6) is 5.75 Å². The maximum absolute atomic E-state index is 5.41. The molecule has 0 bridgehead atoms. The molecule has 1 fully saturated rings. The molecule has 5 rings (SSSR count). The summed E-state index contributed by atoms with van der Waals surface area (Å²) in [6.07, 6.45) is 10.7. The molecule has 7 nitrogen and oxygen atoms in total. The van der Waals surface area contributed by atoms with E-state index in [4.69, 9.17) is 14.7 Å². The van der Waals surface area contributed by atoms with Gasteiger partial charge in [-0.25, -0.2) is 4.98 Å². The van der Waals surface area contributed by atoms with Crippen LogP contribution in [-0.4, -0.2) is 42.2 Å². The van der Waals surface area contributed by atoms with Crippen LogP contribution in [0.4, 0.5) is 11.8 Å². The van der Waals surface area contributed by atoms with Crippen LogP contribution in [0.15, 0.2) is 24.4 Å². The van der Waals surface area contributed by atoms with Crippen molar-refractivity contribution in [2.45, 2.75) is 63.5 Å². The Hall–Kier alpha value is -2.80. The summed E-state index contributed by atoms with van der Waals surface area (Å²) in [6, 6.07) is 6.80. The van der Waals surface area contributed by atoms with Crippen LogP contribution < -0.4 is 20.7 Å². The lowest BCUT2D eigenvalue weighted by Gasteiger charge is -2.37. The smallest absolute Gasteiger partial charge is 0.224 e. The number of benzene rings is 1. The molecule has 2 heterocycles. The van der Waals surface area contributed by atoms with Gasteiger partial charge in [0.1, 0.15) is 11.6 Å². The molecule has 176 valence electrons. The van der Waals surface area contributed by atoms with E-state index in [0.29, 0.717) is 12.0 Å². The standard InChI is InChI=1S/C26H36N6O/c1-27-25-24-20(5-4-6-23(24)31-26(28-2)32-25)16-7-9-18(10-8-16)29-14-17-15-30-22-12-11-19(33-3)13-21(17)22/h11-13,15-16,18,20,29-30H,4-10,14H2,1-3H3,(H2,27,28,31,32)/t16-,18+,20?. The average Bonchev–Trinajstić information content (AvgIpc) is 3.28. The van der Waals surface area contributed by atoms with E-state index in [1.165, 1.54) is 60.7 Å². The van der Waals surface area contributed by atoms with Gasteiger partial charge in [-0.05, 0) is 80.5 Å². The first-order valence-electron chi connectivity index (χ1n) is 12.3. The van der Waals surface area contributed by atoms with Gasteiger partial charge in [-0.15, -0.1) is 0 Å². The van der Waals surface area contributed by atoms with Crippen molar-refractivity contribution in [3.8, 4) is 5.75 Å². The molecule has 2 aliphatic rings. The molecule has 0 saturated heterocycles. The van der Waals surface area contributed by atoms with E-state index in [1.807, 2.05) is 20.2 Å². The number of aromatic nitrogens is 3. The van der Waals surface area contributed by atoms with Crippen LogP contribution in [0.2, 0.25) is 0 Å². The highest BCUT2D eigenvalue weighted by Crippen LogP contribution is 2.45. The third-order valence-corrected chi connectivity index (χ3v) is 7.68. The summed E-state index contributed by atoms with van der Waals surface area (Å²) in [4.78, 5) is 12.9. The second-order valence-electron chi connectivity index (χ2n) is 9.47. The summed E-state index contributed by atoms with van der Waals surface area (Å²) in [5, 5.41) is 11.5. The number of aromatic amines is 1. The first kappa shape index (κ1) is 22.0. The highest BCUT2D eigenvalue weighted by atomic mass is 16.5. The SMILES string of the molecule is CNc1nc2c(c(NC)n1)C([C@H]1CC[C@@H](NCc3c[nH]c4ccc(OC)cc34)CC1)CCC2. The number of H-pyrrole nitrogens is 1. The second-order valence-corrected chi connectivity index (χ2v) is 9.47. The zero-order chi connectivity index (χ0) is 22.8. The second kappa shape index (κ2) is 9.59. The maximum Gasteiger partial charge on any atom is 0.224 e. The van der Waals surface area contributed by atoms with E-state index in [2.05, 4.69) is 39.3 Å². The van der Waals surface area contributed by atoms with Crippen molar-refractivity contribution in [2.75, 3.05) is 31.8 Å². The topological polar surface area (TPSA) is 86.9 Å². The van der Waals surface area contributed by atoms with Crippen molar-refractivity contribution in [2.24, 2.45) is 5.92 Å². The number of aryl methyl sites for hydroxylation is 1. The third-order valence-electron chi connectivity index (χ3n) is 7.68. The molecule has 33 heavy (non-hydrogen) atoms. The minimum absolute atomic E-state index is 0.573. The number of hydrogen-bond acceptors (Lipinski definition) is 6. The maximum atomic E-state index is 5.41. The summed E-state index contributed by atoms with van der Waals surface area (Å²) >= 11 is 0. The molecule has 0 amide bonds. The fraction of sp³-hybridized carbons (Fsp3) is 0.538. The van der Waals surface area contributed by atoms with Crippen molar-refractivity contribution in [1.29, 1.82) is 0 Å². The summed E-state index contributed by atoms with van der Waals surface area (Å²) in [6.45, 7) is 0.888. The first-order valence-corrected chi connectivity index (χ1v) is 12.3. The number of hydrogen-bond donors (Lipinski definition) is 4. The quantitative estimate of drug-likeness (QED) is 0.415. The Bertz CT molecular complexity index is 1080. The van der Waals surface area contributed by atoms with Crippen molar-refractivity contribution < 1.29 is 4.74 Å². The van der Waals surface area contributed by atoms with Gasteiger partial charge in [0, 0.05) is 49.3 Å². The Labute approximate surface area is 196 Å². The Kier molecular flexibility index (Phi) is 6.40. The minimum atomic E-state index is 0.573. The highest BCUT2D eigenvalue weighted by molar-refractivity contribution is 5.84. The molecule has 0 aliphatic heterocycles. The number of anilines is 2. The van der Waals surface area contributed by atoms with Gasteiger partial charge in [0.05, 0.1) is 12.8 Å². The van der Waals surface area contributed by atoms with Crippen molar-refractivity contribution in [3.63, 3.8) is 0 Å². The molecule has 1 saturated carbocycles. The molecule has 1 aromatic carbocycles. The Balaban J connectivity index is 1.23. The van der Waals surface area contributed by atoms with Crippen LogP contribution in [0.1, 0.15) is 61.3 Å². The zero-order valence-electron chi connectivity index (χ0n) is 20.0. The third kappa shape index (κ3) is 4.38. The number of nitrogens with zero attached hydrogens (tertiary/aromatic N) is 2. The van der Waals surface area contributed by atoms with E-state index in [9.17, 15) is 0 Å². The predicted octanol–water partition coefficient (Wildman–Crippen LogP) is 4.82. The van der Waals surface area contributed by atoms with Crippen LogP contribution in [0.25, 0.3) is 10.9 Å². The van der Waals surface area contributed by atoms with E-state index in [0.717, 1.165) is 41.9 Å². The van der Waals surface area contributed by atoms with Crippen LogP contribution >= 0.6 is 0 Å². The molecule has 3 aromatic rings. The number of ether oxygens (including phenoxy) is 1. The number of methoxy groups -OCH3 is 1. The van der Waals surface area contributed by atoms with Crippen molar-refractivity contribution in [3.05, 3.63) is 41.2 Å². The molecular formula is C26H36N6O. The molecular weight excluding hydrogens is 412 g/mol. The van der Waals surface area contributed by atoms with Crippen molar-refractivity contribution in [1.82, 2.24) is 20.3 Å². The first-order chi connectivity index (χ1) is 16.2. The lowest BCUT2D eigenvalue weighted by molar-refractivity contribution is 0.243. The van der Waals surface area contributed by atoms with Gasteiger partial charge >= 0.3 is 0 Å². The van der Waals surface area contributed by atoms with Gasteiger partial charge in [-0.1, -0.05) is 0 Å². The minimum Gasteiger partial charge on any atom is -0.497 e. The van der Waals surface area contributed by atoms with Gasteiger partial charge < -0.3 is 25.7 Å². The zero-order valence-corrected chi connectivity index (χ0v) is 20.0.